The molecule has 0 unspecified atom stereocenters. The number of hydrogen-bond donors (Lipinski definition) is 1. The molecule has 0 spiro atoms. The molecule has 7 nitrogen and oxygen atoms in total. The van der Waals surface area contributed by atoms with E-state index in [-0.39, 0.29) is 18.2 Å². The van der Waals surface area contributed by atoms with Gasteiger partial charge in [-0.1, -0.05) is 29.8 Å². The molecule has 1 aliphatic rings. The highest BCUT2D eigenvalue weighted by Crippen LogP contribution is 2.26. The Labute approximate surface area is 160 Å². The van der Waals surface area contributed by atoms with Crippen LogP contribution < -0.4 is 10.2 Å². The van der Waals surface area contributed by atoms with Crippen LogP contribution in [0.1, 0.15) is 6.42 Å². The van der Waals surface area contributed by atoms with Gasteiger partial charge < -0.3 is 10.2 Å². The number of rotatable bonds is 4. The van der Waals surface area contributed by atoms with Gasteiger partial charge in [0.2, 0.25) is 11.8 Å². The van der Waals surface area contributed by atoms with Crippen LogP contribution >= 0.6 is 11.6 Å². The largest absolute Gasteiger partial charge is 0.323 e. The van der Waals surface area contributed by atoms with Gasteiger partial charge in [0.25, 0.3) is 0 Å². The van der Waals surface area contributed by atoms with Gasteiger partial charge >= 0.3 is 0 Å². The summed E-state index contributed by atoms with van der Waals surface area (Å²) in [6, 6.07) is 12.8. The van der Waals surface area contributed by atoms with E-state index >= 15 is 0 Å². The second kappa shape index (κ2) is 7.20. The van der Waals surface area contributed by atoms with E-state index in [0.29, 0.717) is 23.1 Å². The van der Waals surface area contributed by atoms with Crippen molar-refractivity contribution < 1.29 is 9.59 Å². The highest BCUT2D eigenvalue weighted by atomic mass is 35.5. The Hall–Kier alpha value is -3.19. The average Bonchev–Trinajstić information content (AvgIpc) is 3.29. The van der Waals surface area contributed by atoms with Crippen LogP contribution in [0.25, 0.3) is 5.82 Å². The Morgan fingerprint density at radius 1 is 1.19 bits per heavy atom. The third kappa shape index (κ3) is 3.54. The van der Waals surface area contributed by atoms with Crippen LogP contribution in [0.15, 0.2) is 61.1 Å². The quantitative estimate of drug-likeness (QED) is 0.753. The molecular weight excluding hydrogens is 366 g/mol. The summed E-state index contributed by atoms with van der Waals surface area (Å²) in [7, 11) is 0. The van der Waals surface area contributed by atoms with Crippen LogP contribution in [0, 0.1) is 5.92 Å². The van der Waals surface area contributed by atoms with E-state index in [9.17, 15) is 9.59 Å². The molecule has 3 aromatic rings. The predicted molar refractivity (Wildman–Crippen MR) is 102 cm³/mol. The van der Waals surface area contributed by atoms with Crippen molar-refractivity contribution in [3.8, 4) is 5.82 Å². The molecule has 1 N–H and O–H groups in total. The third-order valence-corrected chi connectivity index (χ3v) is 4.57. The number of carbonyl (C=O) groups is 2. The van der Waals surface area contributed by atoms with Crippen LogP contribution in [-0.2, 0) is 9.59 Å². The molecule has 0 saturated carbocycles. The van der Waals surface area contributed by atoms with Crippen molar-refractivity contribution in [2.75, 3.05) is 16.8 Å². The summed E-state index contributed by atoms with van der Waals surface area (Å²) in [5, 5.41) is 7.46. The Morgan fingerprint density at radius 3 is 2.74 bits per heavy atom. The summed E-state index contributed by atoms with van der Waals surface area (Å²) in [5.41, 5.74) is 1.30. The molecule has 8 heteroatoms. The molecule has 136 valence electrons. The van der Waals surface area contributed by atoms with Gasteiger partial charge in [-0.25, -0.2) is 9.67 Å². The minimum absolute atomic E-state index is 0.0633. The summed E-state index contributed by atoms with van der Waals surface area (Å²) in [6.07, 6.45) is 4.88. The van der Waals surface area contributed by atoms with Gasteiger partial charge in [-0.15, -0.1) is 0 Å². The van der Waals surface area contributed by atoms with E-state index < -0.39 is 5.92 Å². The molecule has 1 atom stereocenters. The van der Waals surface area contributed by atoms with Crippen molar-refractivity contribution in [1.82, 2.24) is 14.8 Å². The molecule has 2 amide bonds. The van der Waals surface area contributed by atoms with E-state index in [1.165, 1.54) is 10.9 Å². The van der Waals surface area contributed by atoms with Gasteiger partial charge in [-0.05, 0) is 24.3 Å². The maximum Gasteiger partial charge on any atom is 0.229 e. The highest BCUT2D eigenvalue weighted by Gasteiger charge is 2.35. The first-order valence-electron chi connectivity index (χ1n) is 8.43. The molecule has 2 aromatic heterocycles. The first-order chi connectivity index (χ1) is 13.1. The standard InChI is InChI=1S/C19H16ClN5O2/c20-14-10-22-25(12-14)18-16(7-4-8-21-18)23-19(27)13-9-17(26)24(11-13)15-5-2-1-3-6-15/h1-8,10,12-13H,9,11H2,(H,23,27)/t13-/m1/s1. The number of carbonyl (C=O) groups excluding carboxylic acids is 2. The van der Waals surface area contributed by atoms with Crippen molar-refractivity contribution in [3.63, 3.8) is 0 Å². The second-order valence-corrected chi connectivity index (χ2v) is 6.64. The van der Waals surface area contributed by atoms with Crippen LogP contribution in [0.4, 0.5) is 11.4 Å². The molecular formula is C19H16ClN5O2. The fraction of sp³-hybridized carbons (Fsp3) is 0.158. The van der Waals surface area contributed by atoms with Crippen molar-refractivity contribution >= 4 is 34.8 Å². The smallest absolute Gasteiger partial charge is 0.229 e. The average molecular weight is 382 g/mol. The molecule has 0 aliphatic carbocycles. The van der Waals surface area contributed by atoms with Crippen LogP contribution in [0.2, 0.25) is 5.02 Å². The first-order valence-corrected chi connectivity index (χ1v) is 8.81. The Kier molecular flexibility index (Phi) is 4.60. The fourth-order valence-electron chi connectivity index (χ4n) is 3.07. The monoisotopic (exact) mass is 381 g/mol. The molecule has 4 rings (SSSR count). The topological polar surface area (TPSA) is 80.1 Å². The number of para-hydroxylation sites is 1. The number of nitrogens with one attached hydrogen (secondary N) is 1. The molecule has 1 aromatic carbocycles. The van der Waals surface area contributed by atoms with Gasteiger partial charge in [0.15, 0.2) is 5.82 Å². The fourth-order valence-corrected chi connectivity index (χ4v) is 3.21. The summed E-state index contributed by atoms with van der Waals surface area (Å²) in [5.74, 6) is -0.269. The molecule has 1 fully saturated rings. The Bertz CT molecular complexity index is 989. The normalized spacial score (nSPS) is 16.6. The van der Waals surface area contributed by atoms with Gasteiger partial charge in [0.1, 0.15) is 0 Å². The zero-order chi connectivity index (χ0) is 18.8. The molecule has 3 heterocycles. The van der Waals surface area contributed by atoms with E-state index in [2.05, 4.69) is 15.4 Å². The van der Waals surface area contributed by atoms with E-state index in [4.69, 9.17) is 11.6 Å². The number of nitrogens with zero attached hydrogens (tertiary/aromatic N) is 4. The first kappa shape index (κ1) is 17.2. The Balaban J connectivity index is 1.52. The molecule has 27 heavy (non-hydrogen) atoms. The lowest BCUT2D eigenvalue weighted by atomic mass is 10.1. The summed E-state index contributed by atoms with van der Waals surface area (Å²) in [4.78, 5) is 31.0. The van der Waals surface area contributed by atoms with Gasteiger partial charge in [-0.3, -0.25) is 9.59 Å². The van der Waals surface area contributed by atoms with E-state index in [1.807, 2.05) is 30.3 Å². The summed E-state index contributed by atoms with van der Waals surface area (Å²) in [6.45, 7) is 0.345. The Morgan fingerprint density at radius 2 is 2.00 bits per heavy atom. The number of halogens is 1. The van der Waals surface area contributed by atoms with Crippen LogP contribution in [-0.4, -0.2) is 33.1 Å². The summed E-state index contributed by atoms with van der Waals surface area (Å²) >= 11 is 5.92. The highest BCUT2D eigenvalue weighted by molar-refractivity contribution is 6.30. The lowest BCUT2D eigenvalue weighted by Crippen LogP contribution is -2.28. The predicted octanol–water partition coefficient (Wildman–Crippen LogP) is 2.91. The van der Waals surface area contributed by atoms with Gasteiger partial charge in [0, 0.05) is 24.8 Å². The number of anilines is 2. The summed E-state index contributed by atoms with van der Waals surface area (Å²) < 4.78 is 1.49. The number of pyridine rings is 1. The number of aromatic nitrogens is 3. The molecule has 0 radical (unpaired) electrons. The van der Waals surface area contributed by atoms with Crippen molar-refractivity contribution in [3.05, 3.63) is 66.1 Å². The van der Waals surface area contributed by atoms with Crippen molar-refractivity contribution in [2.24, 2.45) is 5.92 Å². The van der Waals surface area contributed by atoms with Crippen LogP contribution in [0.5, 0.6) is 0 Å². The van der Waals surface area contributed by atoms with Gasteiger partial charge in [-0.2, -0.15) is 5.10 Å². The zero-order valence-electron chi connectivity index (χ0n) is 14.2. The number of benzene rings is 1. The minimum Gasteiger partial charge on any atom is -0.323 e. The molecule has 1 saturated heterocycles. The van der Waals surface area contributed by atoms with Crippen molar-refractivity contribution in [2.45, 2.75) is 6.42 Å². The van der Waals surface area contributed by atoms with Crippen molar-refractivity contribution in [1.29, 1.82) is 0 Å². The number of amides is 2. The molecule has 1 aliphatic heterocycles. The lowest BCUT2D eigenvalue weighted by Gasteiger charge is -2.17. The number of hydrogen-bond acceptors (Lipinski definition) is 4. The lowest BCUT2D eigenvalue weighted by molar-refractivity contribution is -0.122. The van der Waals surface area contributed by atoms with E-state index in [0.717, 1.165) is 5.69 Å². The van der Waals surface area contributed by atoms with E-state index in [1.54, 1.807) is 29.4 Å². The maximum absolute atomic E-state index is 12.8. The van der Waals surface area contributed by atoms with Crippen LogP contribution in [0.3, 0.4) is 0 Å². The molecule has 0 bridgehead atoms. The zero-order valence-corrected chi connectivity index (χ0v) is 15.0. The third-order valence-electron chi connectivity index (χ3n) is 4.38. The SMILES string of the molecule is O=C(Nc1cccnc1-n1cc(Cl)cn1)[C@@H]1CC(=O)N(c2ccccc2)C1. The van der Waals surface area contributed by atoms with Gasteiger partial charge in [0.05, 0.1) is 29.0 Å². The second-order valence-electron chi connectivity index (χ2n) is 6.21. The maximum atomic E-state index is 12.8. The minimum atomic E-state index is -0.438.